The van der Waals surface area contributed by atoms with Crippen molar-refractivity contribution in [2.75, 3.05) is 11.9 Å². The van der Waals surface area contributed by atoms with E-state index < -0.39 is 0 Å². The number of amides is 2. The van der Waals surface area contributed by atoms with Crippen LogP contribution in [0.15, 0.2) is 64.2 Å². The molecule has 0 heterocycles. The molecule has 3 rings (SSSR count). The predicted molar refractivity (Wildman–Crippen MR) is 151 cm³/mol. The fraction of sp³-hybridized carbons (Fsp3) is 0.250. The Morgan fingerprint density at radius 2 is 1.78 bits per heavy atom. The van der Waals surface area contributed by atoms with Crippen LogP contribution in [-0.4, -0.2) is 24.6 Å². The number of anilines is 1. The Labute approximate surface area is 230 Å². The van der Waals surface area contributed by atoms with Crippen LogP contribution in [-0.2, 0) is 16.2 Å². The van der Waals surface area contributed by atoms with Gasteiger partial charge >= 0.3 is 0 Å². The number of hydrogen-bond acceptors (Lipinski definition) is 5. The molecule has 3 aromatic rings. The lowest BCUT2D eigenvalue weighted by Crippen LogP contribution is -2.21. The zero-order valence-electron chi connectivity index (χ0n) is 20.9. The number of rotatable bonds is 11. The number of hydrazone groups is 1. The number of ether oxygens (including phenoxy) is 2. The van der Waals surface area contributed by atoms with Crippen LogP contribution in [0, 0.1) is 13.8 Å². The van der Waals surface area contributed by atoms with E-state index >= 15 is 0 Å². The number of carbonyl (C=O) groups excluding carboxylic acids is 2. The minimum Gasteiger partial charge on any atom is -0.490 e. The monoisotopic (exact) mass is 585 g/mol. The normalized spacial score (nSPS) is 10.8. The van der Waals surface area contributed by atoms with Gasteiger partial charge < -0.3 is 14.8 Å². The maximum atomic E-state index is 12.2. The lowest BCUT2D eigenvalue weighted by Gasteiger charge is -2.15. The van der Waals surface area contributed by atoms with E-state index in [0.717, 1.165) is 22.4 Å². The van der Waals surface area contributed by atoms with Gasteiger partial charge in [0.25, 0.3) is 0 Å². The summed E-state index contributed by atoms with van der Waals surface area (Å²) in [5.74, 6) is 0.472. The summed E-state index contributed by atoms with van der Waals surface area (Å²) in [6.07, 6.45) is 1.56. The van der Waals surface area contributed by atoms with Gasteiger partial charge in [-0.3, -0.25) is 9.59 Å². The van der Waals surface area contributed by atoms with Crippen LogP contribution in [0.2, 0.25) is 5.02 Å². The zero-order valence-corrected chi connectivity index (χ0v) is 23.3. The van der Waals surface area contributed by atoms with Gasteiger partial charge in [-0.1, -0.05) is 41.9 Å². The van der Waals surface area contributed by atoms with Crippen molar-refractivity contribution in [1.29, 1.82) is 0 Å². The molecule has 0 fully saturated rings. The molecule has 0 spiro atoms. The topological polar surface area (TPSA) is 89.0 Å². The molecule has 7 nitrogen and oxygen atoms in total. The van der Waals surface area contributed by atoms with E-state index in [0.29, 0.717) is 33.2 Å². The molecular formula is C28H29BrClN3O4. The first-order valence-corrected chi connectivity index (χ1v) is 13.0. The van der Waals surface area contributed by atoms with Gasteiger partial charge in [0.1, 0.15) is 6.61 Å². The van der Waals surface area contributed by atoms with Gasteiger partial charge in [-0.2, -0.15) is 5.10 Å². The molecule has 2 amide bonds. The third-order valence-electron chi connectivity index (χ3n) is 5.31. The molecule has 0 saturated heterocycles. The largest absolute Gasteiger partial charge is 0.490 e. The first-order valence-electron chi connectivity index (χ1n) is 11.8. The summed E-state index contributed by atoms with van der Waals surface area (Å²) >= 11 is 9.76. The van der Waals surface area contributed by atoms with E-state index in [1.165, 1.54) is 6.21 Å². The van der Waals surface area contributed by atoms with Crippen LogP contribution in [0.25, 0.3) is 0 Å². The van der Waals surface area contributed by atoms with Crippen molar-refractivity contribution in [3.63, 3.8) is 0 Å². The average Bonchev–Trinajstić information content (AvgIpc) is 2.86. The van der Waals surface area contributed by atoms with E-state index in [1.807, 2.05) is 63.2 Å². The number of nitrogens with one attached hydrogen (secondary N) is 2. The van der Waals surface area contributed by atoms with Crippen LogP contribution in [0.3, 0.4) is 0 Å². The minimum absolute atomic E-state index is 0.0107. The first kappa shape index (κ1) is 28.2. The van der Waals surface area contributed by atoms with Crippen molar-refractivity contribution in [3.8, 4) is 11.5 Å². The molecule has 0 bridgehead atoms. The maximum Gasteiger partial charge on any atom is 0.240 e. The van der Waals surface area contributed by atoms with Gasteiger partial charge in [0.05, 0.1) is 17.3 Å². The number of benzene rings is 3. The summed E-state index contributed by atoms with van der Waals surface area (Å²) in [6.45, 7) is 6.47. The lowest BCUT2D eigenvalue weighted by atomic mass is 10.1. The van der Waals surface area contributed by atoms with Crippen molar-refractivity contribution in [1.82, 2.24) is 5.43 Å². The van der Waals surface area contributed by atoms with E-state index in [4.69, 9.17) is 21.1 Å². The second-order valence-electron chi connectivity index (χ2n) is 8.30. The predicted octanol–water partition coefficient (Wildman–Crippen LogP) is 6.57. The van der Waals surface area contributed by atoms with E-state index in [2.05, 4.69) is 31.8 Å². The molecular weight excluding hydrogens is 558 g/mol. The molecule has 0 aliphatic carbocycles. The molecule has 0 saturated carbocycles. The molecule has 0 radical (unpaired) electrons. The Morgan fingerprint density at radius 1 is 1.03 bits per heavy atom. The highest BCUT2D eigenvalue weighted by Gasteiger charge is 2.13. The Bertz CT molecular complexity index is 1300. The Balaban J connectivity index is 1.56. The highest BCUT2D eigenvalue weighted by atomic mass is 79.9. The Morgan fingerprint density at radius 3 is 2.54 bits per heavy atom. The van der Waals surface area contributed by atoms with Gasteiger partial charge in [-0.05, 0) is 77.7 Å². The summed E-state index contributed by atoms with van der Waals surface area (Å²) in [7, 11) is 0. The van der Waals surface area contributed by atoms with E-state index in [9.17, 15) is 9.59 Å². The Kier molecular flexibility index (Phi) is 10.5. The molecule has 0 atom stereocenters. The number of carbonyl (C=O) groups is 2. The third-order valence-corrected chi connectivity index (χ3v) is 6.27. The van der Waals surface area contributed by atoms with Crippen LogP contribution in [0.5, 0.6) is 11.5 Å². The number of nitrogens with zero attached hydrogens (tertiary/aromatic N) is 1. The number of halogens is 2. The number of aryl methyl sites for hydroxylation is 2. The third kappa shape index (κ3) is 8.61. The van der Waals surface area contributed by atoms with Gasteiger partial charge in [0, 0.05) is 29.1 Å². The molecule has 0 aliphatic heterocycles. The van der Waals surface area contributed by atoms with E-state index in [1.54, 1.807) is 12.1 Å². The van der Waals surface area contributed by atoms with Crippen LogP contribution in [0.1, 0.15) is 42.0 Å². The molecule has 0 aliphatic rings. The molecule has 3 aromatic carbocycles. The van der Waals surface area contributed by atoms with Crippen LogP contribution in [0.4, 0.5) is 5.69 Å². The van der Waals surface area contributed by atoms with Gasteiger partial charge in [0.2, 0.25) is 11.8 Å². The van der Waals surface area contributed by atoms with Crippen molar-refractivity contribution in [2.24, 2.45) is 5.10 Å². The highest BCUT2D eigenvalue weighted by molar-refractivity contribution is 9.10. The molecule has 9 heteroatoms. The molecule has 194 valence electrons. The molecule has 37 heavy (non-hydrogen) atoms. The molecule has 0 unspecified atom stereocenters. The van der Waals surface area contributed by atoms with Gasteiger partial charge in [0.15, 0.2) is 11.5 Å². The van der Waals surface area contributed by atoms with Crippen molar-refractivity contribution in [3.05, 3.63) is 86.3 Å². The summed E-state index contributed by atoms with van der Waals surface area (Å²) in [5.41, 5.74) is 6.76. The summed E-state index contributed by atoms with van der Waals surface area (Å²) in [5, 5.41) is 7.49. The lowest BCUT2D eigenvalue weighted by molar-refractivity contribution is -0.124. The fourth-order valence-corrected chi connectivity index (χ4v) is 4.14. The number of hydrogen-bond donors (Lipinski definition) is 2. The van der Waals surface area contributed by atoms with Crippen molar-refractivity contribution >= 4 is 51.2 Å². The summed E-state index contributed by atoms with van der Waals surface area (Å²) in [4.78, 5) is 24.4. The smallest absolute Gasteiger partial charge is 0.240 e. The zero-order chi connectivity index (χ0) is 26.8. The summed E-state index contributed by atoms with van der Waals surface area (Å²) in [6, 6.07) is 16.9. The van der Waals surface area contributed by atoms with Crippen LogP contribution < -0.4 is 20.2 Å². The SMILES string of the molecule is CCOc1cc(C=NNC(=O)CCC(=O)Nc2cc(C)ccc2C)cc(Br)c1OCc1ccccc1Cl. The maximum absolute atomic E-state index is 12.2. The highest BCUT2D eigenvalue weighted by Crippen LogP contribution is 2.37. The molecule has 2 N–H and O–H groups in total. The first-order chi connectivity index (χ1) is 17.8. The minimum atomic E-state index is -0.365. The van der Waals surface area contributed by atoms with Gasteiger partial charge in [-0.15, -0.1) is 0 Å². The van der Waals surface area contributed by atoms with Crippen molar-refractivity contribution < 1.29 is 19.1 Å². The standard InChI is InChI=1S/C28H29BrClN3O4/c1-4-36-25-15-20(14-22(29)28(25)37-17-21-7-5-6-8-23(21)30)16-31-33-27(35)12-11-26(34)32-24-13-18(2)9-10-19(24)3/h5-10,13-16H,4,11-12,17H2,1-3H3,(H,32,34)(H,33,35). The van der Waals surface area contributed by atoms with E-state index in [-0.39, 0.29) is 31.3 Å². The molecule has 0 aromatic heterocycles. The second kappa shape index (κ2) is 13.8. The second-order valence-corrected chi connectivity index (χ2v) is 9.56. The van der Waals surface area contributed by atoms with Crippen molar-refractivity contribution in [2.45, 2.75) is 40.2 Å². The fourth-order valence-electron chi connectivity index (χ4n) is 3.38. The summed E-state index contributed by atoms with van der Waals surface area (Å²) < 4.78 is 12.4. The quantitative estimate of drug-likeness (QED) is 0.197. The Hall–Kier alpha value is -3.36. The average molecular weight is 587 g/mol. The van der Waals surface area contributed by atoms with Crippen LogP contribution >= 0.6 is 27.5 Å². The van der Waals surface area contributed by atoms with Gasteiger partial charge in [-0.25, -0.2) is 5.43 Å².